The minimum Gasteiger partial charge on any atom is -0.369 e. The van der Waals surface area contributed by atoms with Crippen molar-refractivity contribution in [2.75, 3.05) is 20.6 Å². The van der Waals surface area contributed by atoms with Gasteiger partial charge < -0.3 is 10.2 Å². The fraction of sp³-hybridized carbons (Fsp3) is 0.750. The lowest BCUT2D eigenvalue weighted by Gasteiger charge is -2.40. The lowest BCUT2D eigenvalue weighted by Crippen LogP contribution is -2.63. The molecule has 0 aliphatic carbocycles. The van der Waals surface area contributed by atoms with E-state index in [9.17, 15) is 14.4 Å². The summed E-state index contributed by atoms with van der Waals surface area (Å²) in [5, 5.41) is 4.11. The summed E-state index contributed by atoms with van der Waals surface area (Å²) in [6.07, 6.45) is 3.04. The van der Waals surface area contributed by atoms with Crippen molar-refractivity contribution >= 4 is 35.1 Å². The third kappa shape index (κ3) is 4.73. The van der Waals surface area contributed by atoms with Gasteiger partial charge in [0.25, 0.3) is 0 Å². The van der Waals surface area contributed by atoms with Crippen LogP contribution < -0.4 is 5.32 Å². The van der Waals surface area contributed by atoms with E-state index in [-0.39, 0.29) is 35.9 Å². The highest BCUT2D eigenvalue weighted by Gasteiger charge is 2.50. The molecule has 1 heterocycles. The Morgan fingerprint density at radius 2 is 1.83 bits per heavy atom. The van der Waals surface area contributed by atoms with Gasteiger partial charge in [0, 0.05) is 27.1 Å². The van der Waals surface area contributed by atoms with Crippen LogP contribution in [0, 0.1) is 5.41 Å². The summed E-state index contributed by atoms with van der Waals surface area (Å²) in [6, 6.07) is 0. The second-order valence-corrected chi connectivity index (χ2v) is 6.56. The zero-order chi connectivity index (χ0) is 18.3. The normalized spacial score (nSPS) is 17.2. The van der Waals surface area contributed by atoms with E-state index in [0.717, 1.165) is 12.8 Å². The average Bonchev–Trinajstić information content (AvgIpc) is 2.48. The predicted molar refractivity (Wildman–Crippen MR) is 93.7 cm³/mol. The first kappa shape index (κ1) is 20.5. The van der Waals surface area contributed by atoms with Gasteiger partial charge in [-0.1, -0.05) is 26.7 Å². The molecule has 8 heteroatoms. The standard InChI is InChI=1S/C16H27N3O4S/c1-5-9-16(10-6-2)13(21)17-15(24)19(14(16)22)11-7-8-12(20)23-18(3)4/h5-11H2,1-4H3,(H,17,21,24). The predicted octanol–water partition coefficient (Wildman–Crippen LogP) is 1.62. The Labute approximate surface area is 148 Å². The highest BCUT2D eigenvalue weighted by Crippen LogP contribution is 2.35. The van der Waals surface area contributed by atoms with E-state index < -0.39 is 5.41 Å². The Hall–Kier alpha value is -1.54. The Balaban J connectivity index is 2.79. The lowest BCUT2D eigenvalue weighted by molar-refractivity contribution is -0.178. The van der Waals surface area contributed by atoms with Crippen LogP contribution in [0.1, 0.15) is 52.4 Å². The molecule has 24 heavy (non-hydrogen) atoms. The summed E-state index contributed by atoms with van der Waals surface area (Å²) in [5.41, 5.74) is -1.05. The summed E-state index contributed by atoms with van der Waals surface area (Å²) in [4.78, 5) is 43.3. The molecular weight excluding hydrogens is 330 g/mol. The Morgan fingerprint density at radius 3 is 2.33 bits per heavy atom. The Morgan fingerprint density at radius 1 is 1.25 bits per heavy atom. The van der Waals surface area contributed by atoms with Gasteiger partial charge in [-0.05, 0) is 31.5 Å². The molecule has 1 N–H and O–H groups in total. The molecule has 0 unspecified atom stereocenters. The van der Waals surface area contributed by atoms with Crippen molar-refractivity contribution in [1.29, 1.82) is 0 Å². The first-order chi connectivity index (χ1) is 11.3. The van der Waals surface area contributed by atoms with Gasteiger partial charge in [0.2, 0.25) is 11.8 Å². The largest absolute Gasteiger partial charge is 0.369 e. The second-order valence-electron chi connectivity index (χ2n) is 6.18. The van der Waals surface area contributed by atoms with Crippen molar-refractivity contribution in [3.8, 4) is 0 Å². The van der Waals surface area contributed by atoms with E-state index in [4.69, 9.17) is 17.1 Å². The molecule has 0 radical (unpaired) electrons. The molecule has 0 atom stereocenters. The van der Waals surface area contributed by atoms with Crippen molar-refractivity contribution in [2.45, 2.75) is 52.4 Å². The van der Waals surface area contributed by atoms with Crippen LogP contribution in [0.2, 0.25) is 0 Å². The summed E-state index contributed by atoms with van der Waals surface area (Å²) >= 11 is 5.15. The van der Waals surface area contributed by atoms with Crippen molar-refractivity contribution < 1.29 is 19.2 Å². The fourth-order valence-electron chi connectivity index (χ4n) is 2.99. The molecule has 7 nitrogen and oxygen atoms in total. The van der Waals surface area contributed by atoms with Crippen molar-refractivity contribution in [1.82, 2.24) is 15.3 Å². The summed E-state index contributed by atoms with van der Waals surface area (Å²) in [7, 11) is 3.25. The first-order valence-electron chi connectivity index (χ1n) is 8.34. The molecule has 1 aliphatic heterocycles. The van der Waals surface area contributed by atoms with Crippen molar-refractivity contribution in [3.05, 3.63) is 0 Å². The molecular formula is C16H27N3O4S. The molecule has 136 valence electrons. The molecule has 1 rings (SSSR count). The number of hydrogen-bond donors (Lipinski definition) is 1. The van der Waals surface area contributed by atoms with E-state index in [0.29, 0.717) is 19.3 Å². The zero-order valence-corrected chi connectivity index (χ0v) is 15.7. The third-order valence-electron chi connectivity index (χ3n) is 3.96. The minimum atomic E-state index is -1.05. The molecule has 1 fully saturated rings. The molecule has 1 saturated heterocycles. The highest BCUT2D eigenvalue weighted by atomic mass is 32.1. The minimum absolute atomic E-state index is 0.119. The van der Waals surface area contributed by atoms with Gasteiger partial charge in [0.1, 0.15) is 5.41 Å². The van der Waals surface area contributed by atoms with Gasteiger partial charge in [0.15, 0.2) is 5.11 Å². The van der Waals surface area contributed by atoms with Crippen molar-refractivity contribution in [3.63, 3.8) is 0 Å². The van der Waals surface area contributed by atoms with Gasteiger partial charge in [-0.2, -0.15) is 0 Å². The Kier molecular flexibility index (Phi) is 7.75. The fourth-order valence-corrected chi connectivity index (χ4v) is 3.25. The number of carbonyl (C=O) groups excluding carboxylic acids is 3. The van der Waals surface area contributed by atoms with Crippen LogP contribution >= 0.6 is 12.2 Å². The van der Waals surface area contributed by atoms with Gasteiger partial charge in [-0.25, -0.2) is 0 Å². The zero-order valence-electron chi connectivity index (χ0n) is 14.9. The van der Waals surface area contributed by atoms with Crippen LogP contribution in [0.3, 0.4) is 0 Å². The lowest BCUT2D eigenvalue weighted by atomic mass is 9.76. The Bertz CT molecular complexity index is 502. The third-order valence-corrected chi connectivity index (χ3v) is 4.28. The summed E-state index contributed by atoms with van der Waals surface area (Å²) in [6.45, 7) is 4.19. The number of thiocarbonyl (C=S) groups is 1. The molecule has 0 saturated carbocycles. The number of nitrogens with zero attached hydrogens (tertiary/aromatic N) is 2. The average molecular weight is 357 g/mol. The van der Waals surface area contributed by atoms with Crippen molar-refractivity contribution in [2.24, 2.45) is 5.41 Å². The molecule has 0 aromatic rings. The maximum Gasteiger partial charge on any atom is 0.325 e. The number of carbonyl (C=O) groups is 3. The maximum absolute atomic E-state index is 13.0. The van der Waals surface area contributed by atoms with E-state index in [1.807, 2.05) is 13.8 Å². The smallest absolute Gasteiger partial charge is 0.325 e. The van der Waals surface area contributed by atoms with Gasteiger partial charge >= 0.3 is 5.97 Å². The molecule has 0 aromatic carbocycles. The molecule has 0 spiro atoms. The van der Waals surface area contributed by atoms with E-state index in [1.54, 1.807) is 14.1 Å². The van der Waals surface area contributed by atoms with E-state index in [2.05, 4.69) is 5.32 Å². The molecule has 0 aromatic heterocycles. The number of hydroxylamine groups is 2. The number of rotatable bonds is 9. The van der Waals surface area contributed by atoms with Crippen LogP contribution in [0.5, 0.6) is 0 Å². The monoisotopic (exact) mass is 357 g/mol. The van der Waals surface area contributed by atoms with Gasteiger partial charge in [-0.3, -0.25) is 19.3 Å². The molecule has 1 aliphatic rings. The first-order valence-corrected chi connectivity index (χ1v) is 8.74. The van der Waals surface area contributed by atoms with Gasteiger partial charge in [0.05, 0.1) is 0 Å². The van der Waals surface area contributed by atoms with E-state index >= 15 is 0 Å². The number of nitrogens with one attached hydrogen (secondary N) is 1. The van der Waals surface area contributed by atoms with Crippen LogP contribution in [-0.2, 0) is 19.2 Å². The topological polar surface area (TPSA) is 79.0 Å². The summed E-state index contributed by atoms with van der Waals surface area (Å²) in [5.74, 6) is -0.918. The highest BCUT2D eigenvalue weighted by molar-refractivity contribution is 7.80. The number of hydrogen-bond acceptors (Lipinski definition) is 6. The SMILES string of the molecule is CCCC1(CCC)C(=O)NC(=S)N(CCCC(=O)ON(C)C)C1=O. The second kappa shape index (κ2) is 9.08. The molecule has 0 bridgehead atoms. The van der Waals surface area contributed by atoms with Gasteiger partial charge in [-0.15, -0.1) is 5.06 Å². The number of amides is 2. The van der Waals surface area contributed by atoms with Crippen LogP contribution in [0.25, 0.3) is 0 Å². The quantitative estimate of drug-likeness (QED) is 0.384. The van der Waals surface area contributed by atoms with Crippen LogP contribution in [0.15, 0.2) is 0 Å². The maximum atomic E-state index is 13.0. The summed E-state index contributed by atoms with van der Waals surface area (Å²) < 4.78 is 0. The van der Waals surface area contributed by atoms with Crippen LogP contribution in [0.4, 0.5) is 0 Å². The molecule has 2 amide bonds. The van der Waals surface area contributed by atoms with Crippen LogP contribution in [-0.4, -0.2) is 53.5 Å². The van der Waals surface area contributed by atoms with E-state index in [1.165, 1.54) is 9.96 Å².